The van der Waals surface area contributed by atoms with Crippen molar-refractivity contribution < 1.29 is 4.39 Å². The summed E-state index contributed by atoms with van der Waals surface area (Å²) >= 11 is 18.0. The van der Waals surface area contributed by atoms with Crippen molar-refractivity contribution in [1.82, 2.24) is 9.97 Å². The summed E-state index contributed by atoms with van der Waals surface area (Å²) in [6, 6.07) is 7.55. The van der Waals surface area contributed by atoms with Crippen molar-refractivity contribution in [2.45, 2.75) is 0 Å². The molecule has 0 saturated heterocycles. The summed E-state index contributed by atoms with van der Waals surface area (Å²) in [5.74, 6) is -0.160. The third kappa shape index (κ3) is 2.50. The van der Waals surface area contributed by atoms with Crippen LogP contribution in [0, 0.1) is 5.82 Å². The van der Waals surface area contributed by atoms with Crippen LogP contribution < -0.4 is 5.73 Å². The van der Waals surface area contributed by atoms with Gasteiger partial charge in [-0.2, -0.15) is 0 Å². The lowest BCUT2D eigenvalue weighted by Crippen LogP contribution is -1.99. The van der Waals surface area contributed by atoms with Crippen LogP contribution in [0.4, 0.5) is 10.2 Å². The zero-order valence-corrected chi connectivity index (χ0v) is 12.6. The van der Waals surface area contributed by atoms with Crippen molar-refractivity contribution >= 4 is 51.5 Å². The molecule has 0 bridgehead atoms. The molecule has 3 nitrogen and oxygen atoms in total. The van der Waals surface area contributed by atoms with E-state index in [1.165, 1.54) is 12.1 Å². The maximum absolute atomic E-state index is 13.5. The number of halogens is 4. The van der Waals surface area contributed by atoms with Gasteiger partial charge in [-0.05, 0) is 24.3 Å². The number of aromatic nitrogens is 2. The van der Waals surface area contributed by atoms with E-state index in [0.717, 1.165) is 0 Å². The molecule has 3 aromatic rings. The summed E-state index contributed by atoms with van der Waals surface area (Å²) in [5.41, 5.74) is 6.69. The molecule has 0 spiro atoms. The van der Waals surface area contributed by atoms with Gasteiger partial charge >= 0.3 is 0 Å². The summed E-state index contributed by atoms with van der Waals surface area (Å²) in [7, 11) is 0. The fraction of sp³-hybridized carbons (Fsp3) is 0. The summed E-state index contributed by atoms with van der Waals surface area (Å²) in [6.07, 6.45) is 0. The Bertz CT molecular complexity index is 868. The van der Waals surface area contributed by atoms with E-state index >= 15 is 0 Å². The molecule has 0 unspecified atom stereocenters. The molecule has 0 aliphatic rings. The van der Waals surface area contributed by atoms with E-state index in [-0.39, 0.29) is 16.7 Å². The molecule has 0 fully saturated rings. The van der Waals surface area contributed by atoms with E-state index in [1.807, 2.05) is 0 Å². The molecule has 3 rings (SSSR count). The molecule has 0 aliphatic carbocycles. The Hall–Kier alpha value is -1.62. The second-order valence-corrected chi connectivity index (χ2v) is 5.54. The van der Waals surface area contributed by atoms with Gasteiger partial charge in [0.1, 0.15) is 11.6 Å². The predicted octanol–water partition coefficient (Wildman–Crippen LogP) is 4.98. The lowest BCUT2D eigenvalue weighted by Gasteiger charge is -2.09. The van der Waals surface area contributed by atoms with E-state index in [1.54, 1.807) is 18.2 Å². The van der Waals surface area contributed by atoms with E-state index in [2.05, 4.69) is 9.97 Å². The maximum Gasteiger partial charge on any atom is 0.163 e. The van der Waals surface area contributed by atoms with Gasteiger partial charge in [0.15, 0.2) is 5.82 Å². The van der Waals surface area contributed by atoms with Crippen molar-refractivity contribution in [3.8, 4) is 11.4 Å². The first-order chi connectivity index (χ1) is 9.97. The Balaban J connectivity index is 2.33. The number of hydrogen-bond acceptors (Lipinski definition) is 3. The molecular weight excluding hydrogens is 336 g/mol. The average molecular weight is 343 g/mol. The highest BCUT2D eigenvalue weighted by Gasteiger charge is 2.15. The molecule has 0 amide bonds. The Morgan fingerprint density at radius 1 is 1.05 bits per heavy atom. The molecule has 0 aliphatic heterocycles. The normalized spacial score (nSPS) is 11.0. The maximum atomic E-state index is 13.5. The van der Waals surface area contributed by atoms with E-state index in [9.17, 15) is 4.39 Å². The summed E-state index contributed by atoms with van der Waals surface area (Å²) in [4.78, 5) is 8.47. The Morgan fingerprint density at radius 3 is 2.57 bits per heavy atom. The third-order valence-electron chi connectivity index (χ3n) is 2.94. The quantitative estimate of drug-likeness (QED) is 0.678. The first-order valence-corrected chi connectivity index (χ1v) is 6.97. The van der Waals surface area contributed by atoms with Crippen molar-refractivity contribution in [2.24, 2.45) is 0 Å². The fourth-order valence-corrected chi connectivity index (χ4v) is 2.72. The molecule has 7 heteroatoms. The first-order valence-electron chi connectivity index (χ1n) is 5.84. The number of anilines is 1. The van der Waals surface area contributed by atoms with Crippen molar-refractivity contribution in [2.75, 3.05) is 5.73 Å². The van der Waals surface area contributed by atoms with Gasteiger partial charge in [-0.1, -0.05) is 40.9 Å². The van der Waals surface area contributed by atoms with Crippen LogP contribution in [0.2, 0.25) is 15.1 Å². The summed E-state index contributed by atoms with van der Waals surface area (Å²) < 4.78 is 13.5. The molecule has 2 aromatic carbocycles. The summed E-state index contributed by atoms with van der Waals surface area (Å²) in [5, 5.41) is 1.23. The standard InChI is InChI=1S/C14H7Cl3FN3/c15-6-4-8-12(9(16)5-6)20-14(21-13(8)19)7-2-1-3-10(18)11(7)17/h1-5H,(H2,19,20,21). The lowest BCUT2D eigenvalue weighted by molar-refractivity contribution is 0.628. The van der Waals surface area contributed by atoms with Crippen LogP contribution >= 0.6 is 34.8 Å². The van der Waals surface area contributed by atoms with Crippen molar-refractivity contribution in [3.63, 3.8) is 0 Å². The van der Waals surface area contributed by atoms with Gasteiger partial charge < -0.3 is 5.73 Å². The minimum Gasteiger partial charge on any atom is -0.383 e. The van der Waals surface area contributed by atoms with E-state index in [4.69, 9.17) is 40.5 Å². The molecule has 1 aromatic heterocycles. The predicted molar refractivity (Wildman–Crippen MR) is 84.4 cm³/mol. The largest absolute Gasteiger partial charge is 0.383 e. The van der Waals surface area contributed by atoms with Crippen LogP contribution in [-0.2, 0) is 0 Å². The van der Waals surface area contributed by atoms with Crippen molar-refractivity contribution in [1.29, 1.82) is 0 Å². The monoisotopic (exact) mass is 341 g/mol. The molecular formula is C14H7Cl3FN3. The molecule has 1 heterocycles. The number of nitrogen functional groups attached to an aromatic ring is 1. The SMILES string of the molecule is Nc1nc(-c2cccc(F)c2Cl)nc2c(Cl)cc(Cl)cc12. The van der Waals surface area contributed by atoms with Crippen molar-refractivity contribution in [3.05, 3.63) is 51.2 Å². The minimum absolute atomic E-state index is 0.0682. The topological polar surface area (TPSA) is 51.8 Å². The third-order valence-corrected chi connectivity index (χ3v) is 3.83. The fourth-order valence-electron chi connectivity index (χ4n) is 1.98. The van der Waals surface area contributed by atoms with Gasteiger partial charge in [0, 0.05) is 16.0 Å². The Labute approximate surface area is 134 Å². The number of hydrogen-bond donors (Lipinski definition) is 1. The lowest BCUT2D eigenvalue weighted by atomic mass is 10.1. The highest BCUT2D eigenvalue weighted by atomic mass is 35.5. The van der Waals surface area contributed by atoms with Crippen LogP contribution in [0.1, 0.15) is 0 Å². The van der Waals surface area contributed by atoms with Crippen LogP contribution in [0.25, 0.3) is 22.3 Å². The van der Waals surface area contributed by atoms with Gasteiger partial charge in [-0.25, -0.2) is 14.4 Å². The number of benzene rings is 2. The van der Waals surface area contributed by atoms with E-state index in [0.29, 0.717) is 26.5 Å². The van der Waals surface area contributed by atoms with Gasteiger partial charge in [0.25, 0.3) is 0 Å². The van der Waals surface area contributed by atoms with Crippen LogP contribution in [0.3, 0.4) is 0 Å². The molecule has 106 valence electrons. The molecule has 0 radical (unpaired) electrons. The Kier molecular flexibility index (Phi) is 3.61. The number of rotatable bonds is 1. The Morgan fingerprint density at radius 2 is 1.81 bits per heavy atom. The van der Waals surface area contributed by atoms with Gasteiger partial charge in [0.05, 0.1) is 15.6 Å². The number of fused-ring (bicyclic) bond motifs is 1. The van der Waals surface area contributed by atoms with Crippen LogP contribution in [-0.4, -0.2) is 9.97 Å². The van der Waals surface area contributed by atoms with Gasteiger partial charge in [-0.3, -0.25) is 0 Å². The van der Waals surface area contributed by atoms with Crippen LogP contribution in [0.15, 0.2) is 30.3 Å². The number of nitrogens with zero attached hydrogens (tertiary/aromatic N) is 2. The highest BCUT2D eigenvalue weighted by Crippen LogP contribution is 2.33. The zero-order valence-electron chi connectivity index (χ0n) is 10.4. The smallest absolute Gasteiger partial charge is 0.163 e. The highest BCUT2D eigenvalue weighted by molar-refractivity contribution is 6.38. The minimum atomic E-state index is -0.557. The second-order valence-electron chi connectivity index (χ2n) is 4.32. The van der Waals surface area contributed by atoms with Gasteiger partial charge in [0.2, 0.25) is 0 Å². The molecule has 0 atom stereocenters. The summed E-state index contributed by atoms with van der Waals surface area (Å²) in [6.45, 7) is 0. The number of nitrogens with two attached hydrogens (primary N) is 1. The van der Waals surface area contributed by atoms with E-state index < -0.39 is 5.82 Å². The zero-order chi connectivity index (χ0) is 15.1. The second kappa shape index (κ2) is 5.30. The molecule has 21 heavy (non-hydrogen) atoms. The first kappa shape index (κ1) is 14.3. The van der Waals surface area contributed by atoms with Crippen LogP contribution in [0.5, 0.6) is 0 Å². The average Bonchev–Trinajstić information content (AvgIpc) is 2.43. The molecule has 2 N–H and O–H groups in total. The molecule has 0 saturated carbocycles. The van der Waals surface area contributed by atoms with Gasteiger partial charge in [-0.15, -0.1) is 0 Å².